The maximum absolute atomic E-state index is 11.2. The SMILES string of the molecule is C=C/C=C\C(=C)C1=CC(CCC(N)=O)=C(C(=C)/C=C(/O)C=C)CC1. The molecule has 24 heavy (non-hydrogen) atoms. The van der Waals surface area contributed by atoms with Gasteiger partial charge in [-0.05, 0) is 59.3 Å². The fraction of sp³-hybridized carbons (Fsp3) is 0.190. The lowest BCUT2D eigenvalue weighted by molar-refractivity contribution is -0.117. The third-order valence-corrected chi connectivity index (χ3v) is 3.79. The Balaban J connectivity index is 3.19. The van der Waals surface area contributed by atoms with E-state index in [2.05, 4.69) is 26.3 Å². The molecule has 1 aliphatic rings. The van der Waals surface area contributed by atoms with Crippen LogP contribution in [0.25, 0.3) is 0 Å². The number of hydrogen-bond acceptors (Lipinski definition) is 2. The molecule has 0 heterocycles. The molecule has 1 rings (SSSR count). The Morgan fingerprint density at radius 2 is 1.96 bits per heavy atom. The number of aliphatic hydroxyl groups is 1. The fourth-order valence-electron chi connectivity index (χ4n) is 2.51. The Labute approximate surface area is 144 Å². The smallest absolute Gasteiger partial charge is 0.217 e. The molecule has 0 fully saturated rings. The van der Waals surface area contributed by atoms with Crippen LogP contribution in [0.3, 0.4) is 0 Å². The molecule has 0 aliphatic heterocycles. The van der Waals surface area contributed by atoms with E-state index in [0.717, 1.165) is 40.7 Å². The van der Waals surface area contributed by atoms with Crippen molar-refractivity contribution < 1.29 is 9.90 Å². The summed E-state index contributed by atoms with van der Waals surface area (Å²) in [5.41, 5.74) is 10.1. The molecule has 3 heteroatoms. The third kappa shape index (κ3) is 5.76. The summed E-state index contributed by atoms with van der Waals surface area (Å²) in [6, 6.07) is 0. The third-order valence-electron chi connectivity index (χ3n) is 3.79. The van der Waals surface area contributed by atoms with Crippen molar-refractivity contribution >= 4 is 5.91 Å². The lowest BCUT2D eigenvalue weighted by atomic mass is 9.84. The molecule has 0 aromatic rings. The first-order valence-electron chi connectivity index (χ1n) is 7.80. The van der Waals surface area contributed by atoms with Gasteiger partial charge < -0.3 is 10.8 Å². The molecular weight excluding hydrogens is 298 g/mol. The van der Waals surface area contributed by atoms with Crippen molar-refractivity contribution in [2.24, 2.45) is 5.73 Å². The molecule has 126 valence electrons. The van der Waals surface area contributed by atoms with E-state index in [9.17, 15) is 9.90 Å². The molecule has 3 nitrogen and oxygen atoms in total. The number of nitrogens with two attached hydrogens (primary N) is 1. The van der Waals surface area contributed by atoms with Gasteiger partial charge in [0.25, 0.3) is 0 Å². The largest absolute Gasteiger partial charge is 0.508 e. The van der Waals surface area contributed by atoms with E-state index >= 15 is 0 Å². The lowest BCUT2D eigenvalue weighted by Gasteiger charge is -2.21. The van der Waals surface area contributed by atoms with Crippen LogP contribution in [0, 0.1) is 0 Å². The summed E-state index contributed by atoms with van der Waals surface area (Å²) >= 11 is 0. The molecule has 0 radical (unpaired) electrons. The molecule has 0 spiro atoms. The lowest BCUT2D eigenvalue weighted by Crippen LogP contribution is -2.11. The number of allylic oxidation sites excluding steroid dienone is 11. The molecular formula is C21H25NO2. The number of hydrogen-bond donors (Lipinski definition) is 2. The predicted octanol–water partition coefficient (Wildman–Crippen LogP) is 4.75. The Bertz CT molecular complexity index is 685. The maximum atomic E-state index is 11.2. The fourth-order valence-corrected chi connectivity index (χ4v) is 2.51. The van der Waals surface area contributed by atoms with Gasteiger partial charge in [-0.1, -0.05) is 50.6 Å². The zero-order valence-corrected chi connectivity index (χ0v) is 14.1. The molecule has 0 saturated heterocycles. The molecule has 0 aromatic heterocycles. The van der Waals surface area contributed by atoms with Crippen molar-refractivity contribution in [1.29, 1.82) is 0 Å². The van der Waals surface area contributed by atoms with Crippen LogP contribution in [0.2, 0.25) is 0 Å². The number of amides is 1. The monoisotopic (exact) mass is 323 g/mol. The van der Waals surface area contributed by atoms with Gasteiger partial charge in [0.05, 0.1) is 0 Å². The van der Waals surface area contributed by atoms with Crippen molar-refractivity contribution in [3.05, 3.63) is 96.4 Å². The van der Waals surface area contributed by atoms with Crippen LogP contribution in [0.15, 0.2) is 96.4 Å². The second kappa shape index (κ2) is 9.36. The van der Waals surface area contributed by atoms with Gasteiger partial charge in [0.2, 0.25) is 5.91 Å². The van der Waals surface area contributed by atoms with Crippen LogP contribution in [0.5, 0.6) is 0 Å². The number of primary amides is 1. The maximum Gasteiger partial charge on any atom is 0.217 e. The van der Waals surface area contributed by atoms with Gasteiger partial charge in [0.1, 0.15) is 5.76 Å². The Kier molecular flexibility index (Phi) is 7.50. The zero-order valence-electron chi connectivity index (χ0n) is 14.1. The Morgan fingerprint density at radius 3 is 2.54 bits per heavy atom. The van der Waals surface area contributed by atoms with Gasteiger partial charge in [-0.25, -0.2) is 0 Å². The first kappa shape index (κ1) is 19.2. The van der Waals surface area contributed by atoms with Gasteiger partial charge in [-0.3, -0.25) is 4.79 Å². The second-order valence-electron chi connectivity index (χ2n) is 5.56. The van der Waals surface area contributed by atoms with E-state index in [1.807, 2.05) is 18.2 Å². The predicted molar refractivity (Wildman–Crippen MR) is 101 cm³/mol. The highest BCUT2D eigenvalue weighted by molar-refractivity contribution is 5.74. The van der Waals surface area contributed by atoms with Crippen LogP contribution in [-0.4, -0.2) is 11.0 Å². The highest BCUT2D eigenvalue weighted by Crippen LogP contribution is 2.34. The van der Waals surface area contributed by atoms with Crippen molar-refractivity contribution in [3.8, 4) is 0 Å². The number of carbonyl (C=O) groups is 1. The summed E-state index contributed by atoms with van der Waals surface area (Å²) in [4.78, 5) is 11.2. The first-order chi connectivity index (χ1) is 11.4. The summed E-state index contributed by atoms with van der Waals surface area (Å²) < 4.78 is 0. The van der Waals surface area contributed by atoms with E-state index in [-0.39, 0.29) is 18.1 Å². The van der Waals surface area contributed by atoms with Crippen molar-refractivity contribution in [3.63, 3.8) is 0 Å². The summed E-state index contributed by atoms with van der Waals surface area (Å²) in [6.45, 7) is 15.3. The van der Waals surface area contributed by atoms with Crippen LogP contribution < -0.4 is 5.73 Å². The average Bonchev–Trinajstić information content (AvgIpc) is 2.57. The minimum Gasteiger partial charge on any atom is -0.508 e. The number of rotatable bonds is 9. The molecule has 0 aromatic carbocycles. The average molecular weight is 323 g/mol. The number of aliphatic hydroxyl groups excluding tert-OH is 1. The highest BCUT2D eigenvalue weighted by atomic mass is 16.3. The van der Waals surface area contributed by atoms with Gasteiger partial charge in [0, 0.05) is 6.42 Å². The summed E-state index contributed by atoms with van der Waals surface area (Å²) in [6.07, 6.45) is 12.8. The van der Waals surface area contributed by atoms with Crippen LogP contribution in [0.4, 0.5) is 0 Å². The molecule has 0 unspecified atom stereocenters. The van der Waals surface area contributed by atoms with Gasteiger partial charge in [-0.2, -0.15) is 0 Å². The standard InChI is InChI=1S/C21H25NO2/c1-5-7-8-15(3)17-9-11-20(16(4)13-19(23)6-2)18(14-17)10-12-21(22)24/h5-8,13-14,23H,1-4,9-12H2,(H2,22,24)/b8-7-,19-13+. The van der Waals surface area contributed by atoms with E-state index in [1.54, 1.807) is 12.2 Å². The second-order valence-corrected chi connectivity index (χ2v) is 5.56. The van der Waals surface area contributed by atoms with Crippen molar-refractivity contribution in [2.45, 2.75) is 25.7 Å². The van der Waals surface area contributed by atoms with Crippen LogP contribution in [0.1, 0.15) is 25.7 Å². The molecule has 0 saturated carbocycles. The highest BCUT2D eigenvalue weighted by Gasteiger charge is 2.16. The van der Waals surface area contributed by atoms with E-state index in [1.165, 1.54) is 6.08 Å². The van der Waals surface area contributed by atoms with Crippen LogP contribution >= 0.6 is 0 Å². The zero-order chi connectivity index (χ0) is 18.1. The normalized spacial score (nSPS) is 15.2. The van der Waals surface area contributed by atoms with Gasteiger partial charge in [0.15, 0.2) is 0 Å². The van der Waals surface area contributed by atoms with Crippen LogP contribution in [-0.2, 0) is 4.79 Å². The van der Waals surface area contributed by atoms with E-state index in [0.29, 0.717) is 6.42 Å². The quantitative estimate of drug-likeness (QED) is 0.475. The summed E-state index contributed by atoms with van der Waals surface area (Å²) in [7, 11) is 0. The molecule has 0 bridgehead atoms. The van der Waals surface area contributed by atoms with Gasteiger partial charge in [-0.15, -0.1) is 0 Å². The molecule has 1 aliphatic carbocycles. The van der Waals surface area contributed by atoms with E-state index < -0.39 is 0 Å². The topological polar surface area (TPSA) is 63.3 Å². The molecule has 0 atom stereocenters. The molecule has 3 N–H and O–H groups in total. The van der Waals surface area contributed by atoms with E-state index in [4.69, 9.17) is 5.73 Å². The minimum atomic E-state index is -0.345. The first-order valence-corrected chi connectivity index (χ1v) is 7.80. The van der Waals surface area contributed by atoms with Crippen molar-refractivity contribution in [1.82, 2.24) is 0 Å². The Morgan fingerprint density at radius 1 is 1.25 bits per heavy atom. The molecule has 1 amide bonds. The van der Waals surface area contributed by atoms with Gasteiger partial charge >= 0.3 is 0 Å². The summed E-state index contributed by atoms with van der Waals surface area (Å²) in [5, 5.41) is 9.64. The summed E-state index contributed by atoms with van der Waals surface area (Å²) in [5.74, 6) is -0.280. The minimum absolute atomic E-state index is 0.0647. The Hall–Kier alpha value is -2.81. The van der Waals surface area contributed by atoms with Crippen molar-refractivity contribution in [2.75, 3.05) is 0 Å². The number of carbonyl (C=O) groups excluding carboxylic acids is 1.